The summed E-state index contributed by atoms with van der Waals surface area (Å²) in [7, 11) is 0. The van der Waals surface area contributed by atoms with Crippen LogP contribution in [-0.2, 0) is 23.1 Å². The lowest BCUT2D eigenvalue weighted by molar-refractivity contribution is -0.138. The van der Waals surface area contributed by atoms with Crippen LogP contribution in [0.1, 0.15) is 22.6 Å². The fourth-order valence-corrected chi connectivity index (χ4v) is 3.41. The Bertz CT molecular complexity index is 964. The topological polar surface area (TPSA) is 63.3 Å². The van der Waals surface area contributed by atoms with Crippen molar-refractivity contribution in [1.29, 1.82) is 0 Å². The van der Waals surface area contributed by atoms with Gasteiger partial charge in [0.1, 0.15) is 5.76 Å². The Morgan fingerprint density at radius 3 is 2.32 bits per heavy atom. The first-order valence-corrected chi connectivity index (χ1v) is 9.28. The predicted molar refractivity (Wildman–Crippen MR) is 99.0 cm³/mol. The number of benzene rings is 2. The van der Waals surface area contributed by atoms with Crippen molar-refractivity contribution in [1.82, 2.24) is 4.98 Å². The molecular weight excluding hydrogens is 391 g/mol. The number of hydrogen-bond donors (Lipinski definition) is 1. The molecule has 0 bridgehead atoms. The normalized spacial score (nSPS) is 11.6. The molecule has 1 heterocycles. The summed E-state index contributed by atoms with van der Waals surface area (Å²) in [6.07, 6.45) is -4.41. The Morgan fingerprint density at radius 1 is 1.11 bits per heavy atom. The number of rotatable bonds is 6. The highest BCUT2D eigenvalue weighted by molar-refractivity contribution is 7.98. The second-order valence-electron chi connectivity index (χ2n) is 6.11. The van der Waals surface area contributed by atoms with Gasteiger partial charge >= 0.3 is 12.1 Å². The zero-order valence-corrected chi connectivity index (χ0v) is 15.6. The van der Waals surface area contributed by atoms with Gasteiger partial charge in [-0.15, -0.1) is 11.8 Å². The first-order valence-electron chi connectivity index (χ1n) is 8.30. The van der Waals surface area contributed by atoms with Crippen molar-refractivity contribution in [3.63, 3.8) is 0 Å². The molecule has 1 N–H and O–H groups in total. The molecule has 0 fully saturated rings. The minimum absolute atomic E-state index is 0.0252. The summed E-state index contributed by atoms with van der Waals surface area (Å²) in [5.74, 6) is 0.527. The van der Waals surface area contributed by atoms with Crippen molar-refractivity contribution >= 4 is 17.7 Å². The summed E-state index contributed by atoms with van der Waals surface area (Å²) in [4.78, 5) is 16.0. The van der Waals surface area contributed by atoms with Gasteiger partial charge in [0.05, 0.1) is 23.4 Å². The molecule has 0 saturated heterocycles. The Hall–Kier alpha value is -2.74. The number of alkyl halides is 3. The maximum absolute atomic E-state index is 12.7. The SMILES string of the molecule is Cc1nc(-c2ccc(C(F)(F)F)cc2)oc1CSc1ccc(CC(=O)O)cc1. The van der Waals surface area contributed by atoms with Gasteiger partial charge in [0.2, 0.25) is 5.89 Å². The second-order valence-corrected chi connectivity index (χ2v) is 7.15. The largest absolute Gasteiger partial charge is 0.481 e. The smallest absolute Gasteiger partial charge is 0.416 e. The van der Waals surface area contributed by atoms with Crippen LogP contribution in [-0.4, -0.2) is 16.1 Å². The van der Waals surface area contributed by atoms with Gasteiger partial charge in [-0.2, -0.15) is 13.2 Å². The van der Waals surface area contributed by atoms with Crippen LogP contribution in [0.3, 0.4) is 0 Å². The monoisotopic (exact) mass is 407 g/mol. The summed E-state index contributed by atoms with van der Waals surface area (Å²) in [6.45, 7) is 1.78. The molecule has 0 aliphatic rings. The van der Waals surface area contributed by atoms with Gasteiger partial charge in [0.25, 0.3) is 0 Å². The summed E-state index contributed by atoms with van der Waals surface area (Å²) in [5, 5.41) is 8.79. The quantitative estimate of drug-likeness (QED) is 0.540. The zero-order valence-electron chi connectivity index (χ0n) is 14.8. The molecule has 0 aliphatic carbocycles. The van der Waals surface area contributed by atoms with Gasteiger partial charge in [-0.3, -0.25) is 4.79 Å². The summed E-state index contributed by atoms with van der Waals surface area (Å²) in [5.41, 5.74) is 1.15. The minimum atomic E-state index is -4.38. The van der Waals surface area contributed by atoms with Crippen LogP contribution in [0, 0.1) is 6.92 Å². The number of aliphatic carboxylic acids is 1. The molecule has 8 heteroatoms. The number of carboxylic acids is 1. The number of halogens is 3. The number of aromatic nitrogens is 1. The lowest BCUT2D eigenvalue weighted by Crippen LogP contribution is -2.03. The third kappa shape index (κ3) is 4.95. The molecule has 4 nitrogen and oxygen atoms in total. The number of carboxylic acid groups (broad SMARTS) is 1. The van der Waals surface area contributed by atoms with E-state index in [4.69, 9.17) is 9.52 Å². The molecule has 146 valence electrons. The Kier molecular flexibility index (Phi) is 5.79. The number of oxazole rings is 1. The molecule has 28 heavy (non-hydrogen) atoms. The lowest BCUT2D eigenvalue weighted by atomic mass is 10.1. The molecule has 2 aromatic carbocycles. The van der Waals surface area contributed by atoms with E-state index in [2.05, 4.69) is 4.98 Å². The molecular formula is C20H16F3NO3S. The van der Waals surface area contributed by atoms with Gasteiger partial charge in [-0.1, -0.05) is 12.1 Å². The number of carbonyl (C=O) groups is 1. The van der Waals surface area contributed by atoms with Crippen LogP contribution in [0.15, 0.2) is 57.8 Å². The van der Waals surface area contributed by atoms with Crippen LogP contribution in [0.2, 0.25) is 0 Å². The predicted octanol–water partition coefficient (Wildman–Crippen LogP) is 5.59. The highest BCUT2D eigenvalue weighted by Crippen LogP contribution is 2.32. The molecule has 0 saturated carbocycles. The maximum Gasteiger partial charge on any atom is 0.416 e. The van der Waals surface area contributed by atoms with Crippen molar-refractivity contribution in [2.45, 2.75) is 30.2 Å². The highest BCUT2D eigenvalue weighted by Gasteiger charge is 2.30. The molecule has 0 amide bonds. The lowest BCUT2D eigenvalue weighted by Gasteiger charge is -2.06. The zero-order chi connectivity index (χ0) is 20.3. The van der Waals surface area contributed by atoms with E-state index in [1.807, 2.05) is 12.1 Å². The van der Waals surface area contributed by atoms with Gasteiger partial charge in [-0.25, -0.2) is 4.98 Å². The van der Waals surface area contributed by atoms with E-state index >= 15 is 0 Å². The molecule has 3 rings (SSSR count). The Labute approximate surface area is 163 Å². The molecule has 0 atom stereocenters. The minimum Gasteiger partial charge on any atom is -0.481 e. The van der Waals surface area contributed by atoms with Crippen LogP contribution in [0.4, 0.5) is 13.2 Å². The third-order valence-corrected chi connectivity index (χ3v) is 5.01. The van der Waals surface area contributed by atoms with Crippen molar-refractivity contribution in [2.75, 3.05) is 0 Å². The van der Waals surface area contributed by atoms with Gasteiger partial charge in [0.15, 0.2) is 0 Å². The molecule has 1 aromatic heterocycles. The Balaban J connectivity index is 1.68. The van der Waals surface area contributed by atoms with Crippen molar-refractivity contribution in [3.8, 4) is 11.5 Å². The number of thioether (sulfide) groups is 1. The van der Waals surface area contributed by atoms with Crippen molar-refractivity contribution in [3.05, 3.63) is 71.1 Å². The fourth-order valence-electron chi connectivity index (χ4n) is 2.51. The van der Waals surface area contributed by atoms with E-state index < -0.39 is 17.7 Å². The van der Waals surface area contributed by atoms with E-state index in [1.54, 1.807) is 19.1 Å². The number of hydrogen-bond acceptors (Lipinski definition) is 4. The first-order chi connectivity index (χ1) is 13.2. The average Bonchev–Trinajstić information content (AvgIpc) is 3.01. The third-order valence-electron chi connectivity index (χ3n) is 4.00. The van der Waals surface area contributed by atoms with Gasteiger partial charge in [-0.05, 0) is 48.9 Å². The fraction of sp³-hybridized carbons (Fsp3) is 0.200. The van der Waals surface area contributed by atoms with E-state index in [0.29, 0.717) is 22.8 Å². The van der Waals surface area contributed by atoms with Crippen LogP contribution >= 0.6 is 11.8 Å². The maximum atomic E-state index is 12.7. The number of nitrogens with zero attached hydrogens (tertiary/aromatic N) is 1. The van der Waals surface area contributed by atoms with Crippen LogP contribution in [0.25, 0.3) is 11.5 Å². The standard InChI is InChI=1S/C20H16F3NO3S/c1-12-17(11-28-16-8-2-13(3-9-16)10-18(25)26)27-19(24-12)14-4-6-15(7-5-14)20(21,22)23/h2-9H,10-11H2,1H3,(H,25,26). The summed E-state index contributed by atoms with van der Waals surface area (Å²) < 4.78 is 43.7. The van der Waals surface area contributed by atoms with Crippen LogP contribution < -0.4 is 0 Å². The average molecular weight is 407 g/mol. The van der Waals surface area contributed by atoms with Crippen molar-refractivity contribution in [2.24, 2.45) is 0 Å². The van der Waals surface area contributed by atoms with E-state index in [9.17, 15) is 18.0 Å². The highest BCUT2D eigenvalue weighted by atomic mass is 32.2. The molecule has 0 spiro atoms. The molecule has 0 unspecified atom stereocenters. The van der Waals surface area contributed by atoms with Crippen LogP contribution in [0.5, 0.6) is 0 Å². The molecule has 3 aromatic rings. The van der Waals surface area contributed by atoms with Crippen molar-refractivity contribution < 1.29 is 27.5 Å². The summed E-state index contributed by atoms with van der Waals surface area (Å²) >= 11 is 1.50. The Morgan fingerprint density at radius 2 is 1.75 bits per heavy atom. The molecule has 0 aliphatic heterocycles. The van der Waals surface area contributed by atoms with Gasteiger partial charge in [0, 0.05) is 10.5 Å². The van der Waals surface area contributed by atoms with Gasteiger partial charge < -0.3 is 9.52 Å². The van der Waals surface area contributed by atoms with E-state index in [0.717, 1.165) is 22.6 Å². The van der Waals surface area contributed by atoms with E-state index in [-0.39, 0.29) is 12.3 Å². The second kappa shape index (κ2) is 8.10. The summed E-state index contributed by atoms with van der Waals surface area (Å²) in [6, 6.07) is 11.9. The number of aryl methyl sites for hydroxylation is 1. The molecule has 0 radical (unpaired) electrons. The first kappa shape index (κ1) is 20.0. The van der Waals surface area contributed by atoms with E-state index in [1.165, 1.54) is 23.9 Å².